The van der Waals surface area contributed by atoms with Gasteiger partial charge in [0.25, 0.3) is 0 Å². The molecular weight excluding hydrogens is 410 g/mol. The van der Waals surface area contributed by atoms with Gasteiger partial charge in [0.2, 0.25) is 5.91 Å². The van der Waals surface area contributed by atoms with Crippen molar-refractivity contribution in [1.82, 2.24) is 15.5 Å². The van der Waals surface area contributed by atoms with Crippen molar-refractivity contribution in [3.63, 3.8) is 0 Å². The van der Waals surface area contributed by atoms with Gasteiger partial charge in [-0.15, -0.1) is 0 Å². The molecule has 2 aliphatic rings. The molecule has 1 saturated heterocycles. The summed E-state index contributed by atoms with van der Waals surface area (Å²) >= 11 is 0. The molecule has 33 heavy (non-hydrogen) atoms. The number of primary amides is 1. The smallest absolute Gasteiger partial charge is 0.221 e. The predicted molar refractivity (Wildman–Crippen MR) is 134 cm³/mol. The highest BCUT2D eigenvalue weighted by molar-refractivity contribution is 5.79. The summed E-state index contributed by atoms with van der Waals surface area (Å²) in [6, 6.07) is 19.5. The summed E-state index contributed by atoms with van der Waals surface area (Å²) in [7, 11) is 1.83. The van der Waals surface area contributed by atoms with Crippen LogP contribution in [0, 0.1) is 5.92 Å². The monoisotopic (exact) mass is 447 g/mol. The molecule has 1 atom stereocenters. The lowest BCUT2D eigenvalue weighted by Crippen LogP contribution is -2.48. The molecule has 1 saturated carbocycles. The highest BCUT2D eigenvalue weighted by atomic mass is 16.1. The number of guanidine groups is 1. The number of carbonyl (C=O) groups is 1. The standard InChI is InChI=1S/C27H37N5O/c1-29-26(31-20-27(13-7-14-27)24-11-3-2-4-12-24)30-17-21-8-5-9-22(16-21)18-32-15-6-10-23(19-32)25(28)33/h2-5,8-9,11-12,16,23H,6-7,10,13-15,17-20H2,1H3,(H2,28,33)(H2,29,30,31). The lowest BCUT2D eigenvalue weighted by Gasteiger charge is -2.43. The minimum atomic E-state index is -0.174. The fourth-order valence-electron chi connectivity index (χ4n) is 5.15. The van der Waals surface area contributed by atoms with Crippen molar-refractivity contribution in [1.29, 1.82) is 0 Å². The second kappa shape index (κ2) is 10.8. The Bertz CT molecular complexity index is 954. The van der Waals surface area contributed by atoms with Crippen molar-refractivity contribution >= 4 is 11.9 Å². The van der Waals surface area contributed by atoms with E-state index in [0.29, 0.717) is 0 Å². The minimum Gasteiger partial charge on any atom is -0.369 e. The van der Waals surface area contributed by atoms with E-state index >= 15 is 0 Å². The Morgan fingerprint density at radius 3 is 2.58 bits per heavy atom. The van der Waals surface area contributed by atoms with Crippen molar-refractivity contribution in [2.24, 2.45) is 16.6 Å². The summed E-state index contributed by atoms with van der Waals surface area (Å²) in [5.74, 6) is 0.642. The first kappa shape index (κ1) is 23.3. The zero-order chi connectivity index (χ0) is 23.1. The van der Waals surface area contributed by atoms with Gasteiger partial charge in [-0.25, -0.2) is 0 Å². The largest absolute Gasteiger partial charge is 0.369 e. The van der Waals surface area contributed by atoms with Crippen LogP contribution in [0.25, 0.3) is 0 Å². The van der Waals surface area contributed by atoms with Crippen molar-refractivity contribution in [2.75, 3.05) is 26.7 Å². The highest BCUT2D eigenvalue weighted by Crippen LogP contribution is 2.43. The fraction of sp³-hybridized carbons (Fsp3) is 0.481. The predicted octanol–water partition coefficient (Wildman–Crippen LogP) is 3.17. The Labute approximate surface area is 197 Å². The van der Waals surface area contributed by atoms with E-state index in [9.17, 15) is 4.79 Å². The number of carbonyl (C=O) groups excluding carboxylic acids is 1. The first-order valence-electron chi connectivity index (χ1n) is 12.2. The topological polar surface area (TPSA) is 82.8 Å². The molecule has 0 aromatic heterocycles. The number of nitrogens with two attached hydrogens (primary N) is 1. The summed E-state index contributed by atoms with van der Waals surface area (Å²) in [6.07, 6.45) is 5.66. The maximum atomic E-state index is 11.6. The van der Waals surface area contributed by atoms with Gasteiger partial charge >= 0.3 is 0 Å². The van der Waals surface area contributed by atoms with Crippen molar-refractivity contribution in [3.05, 3.63) is 71.3 Å². The number of likely N-dealkylation sites (tertiary alicyclic amines) is 1. The van der Waals surface area contributed by atoms with E-state index in [2.05, 4.69) is 75.1 Å². The molecule has 0 bridgehead atoms. The molecule has 6 heteroatoms. The highest BCUT2D eigenvalue weighted by Gasteiger charge is 2.38. The van der Waals surface area contributed by atoms with Gasteiger partial charge in [-0.05, 0) is 48.9 Å². The Balaban J connectivity index is 1.30. The molecule has 1 aliphatic carbocycles. The number of benzene rings is 2. The fourth-order valence-corrected chi connectivity index (χ4v) is 5.15. The molecule has 2 aromatic carbocycles. The van der Waals surface area contributed by atoms with Gasteiger partial charge in [0.1, 0.15) is 0 Å². The number of amides is 1. The second-order valence-corrected chi connectivity index (χ2v) is 9.58. The number of hydrogen-bond acceptors (Lipinski definition) is 3. The molecule has 176 valence electrons. The van der Waals surface area contributed by atoms with E-state index in [0.717, 1.165) is 51.5 Å². The minimum absolute atomic E-state index is 0.0205. The second-order valence-electron chi connectivity index (χ2n) is 9.58. The van der Waals surface area contributed by atoms with Crippen LogP contribution in [0.5, 0.6) is 0 Å². The van der Waals surface area contributed by atoms with Crippen LogP contribution >= 0.6 is 0 Å². The van der Waals surface area contributed by atoms with Gasteiger partial charge in [0, 0.05) is 38.6 Å². The van der Waals surface area contributed by atoms with Crippen molar-refractivity contribution in [2.45, 2.75) is 50.6 Å². The zero-order valence-electron chi connectivity index (χ0n) is 19.7. The van der Waals surface area contributed by atoms with Crippen LogP contribution in [0.3, 0.4) is 0 Å². The number of nitrogens with zero attached hydrogens (tertiary/aromatic N) is 2. The van der Waals surface area contributed by atoms with E-state index in [1.165, 1.54) is 36.0 Å². The van der Waals surface area contributed by atoms with Crippen molar-refractivity contribution < 1.29 is 4.79 Å². The normalized spacial score (nSPS) is 20.6. The third kappa shape index (κ3) is 5.93. The number of aliphatic imine (C=N–C) groups is 1. The van der Waals surface area contributed by atoms with Gasteiger partial charge < -0.3 is 16.4 Å². The molecule has 0 spiro atoms. The molecule has 1 aliphatic heterocycles. The lowest BCUT2D eigenvalue weighted by molar-refractivity contribution is -0.123. The third-order valence-electron chi connectivity index (χ3n) is 7.28. The maximum Gasteiger partial charge on any atom is 0.221 e. The van der Waals surface area contributed by atoms with Crippen LogP contribution < -0.4 is 16.4 Å². The number of hydrogen-bond donors (Lipinski definition) is 3. The Morgan fingerprint density at radius 2 is 1.88 bits per heavy atom. The van der Waals surface area contributed by atoms with Crippen LogP contribution in [0.15, 0.2) is 59.6 Å². The van der Waals surface area contributed by atoms with Crippen LogP contribution in [0.4, 0.5) is 0 Å². The van der Waals surface area contributed by atoms with E-state index in [-0.39, 0.29) is 17.2 Å². The molecule has 1 unspecified atom stereocenters. The van der Waals surface area contributed by atoms with Crippen molar-refractivity contribution in [3.8, 4) is 0 Å². The first-order chi connectivity index (χ1) is 16.1. The molecule has 1 heterocycles. The average Bonchev–Trinajstić information content (AvgIpc) is 2.81. The third-order valence-corrected chi connectivity index (χ3v) is 7.28. The van der Waals surface area contributed by atoms with Gasteiger partial charge in [0.15, 0.2) is 5.96 Å². The summed E-state index contributed by atoms with van der Waals surface area (Å²) in [4.78, 5) is 18.4. The van der Waals surface area contributed by atoms with Crippen LogP contribution in [-0.2, 0) is 23.3 Å². The van der Waals surface area contributed by atoms with E-state index < -0.39 is 0 Å². The van der Waals surface area contributed by atoms with Crippen LogP contribution in [0.2, 0.25) is 0 Å². The SMILES string of the molecule is CN=C(NCc1cccc(CN2CCCC(C(N)=O)C2)c1)NCC1(c2ccccc2)CCC1. The summed E-state index contributed by atoms with van der Waals surface area (Å²) in [5, 5.41) is 7.04. The molecule has 2 aromatic rings. The van der Waals surface area contributed by atoms with E-state index in [4.69, 9.17) is 5.73 Å². The van der Waals surface area contributed by atoms with Crippen LogP contribution in [0.1, 0.15) is 48.8 Å². The maximum absolute atomic E-state index is 11.6. The van der Waals surface area contributed by atoms with E-state index in [1.807, 2.05) is 7.05 Å². The molecule has 2 fully saturated rings. The number of nitrogens with one attached hydrogen (secondary N) is 2. The van der Waals surface area contributed by atoms with E-state index in [1.54, 1.807) is 0 Å². The van der Waals surface area contributed by atoms with Gasteiger partial charge in [-0.3, -0.25) is 14.7 Å². The summed E-state index contributed by atoms with van der Waals surface area (Å²) in [5.41, 5.74) is 9.66. The Morgan fingerprint density at radius 1 is 1.09 bits per heavy atom. The van der Waals surface area contributed by atoms with Gasteiger partial charge in [-0.2, -0.15) is 0 Å². The molecule has 4 rings (SSSR count). The number of piperidine rings is 1. The van der Waals surface area contributed by atoms with Crippen LogP contribution in [-0.4, -0.2) is 43.4 Å². The molecule has 4 N–H and O–H groups in total. The Hall–Kier alpha value is -2.86. The molecule has 0 radical (unpaired) electrons. The first-order valence-corrected chi connectivity index (χ1v) is 12.2. The molecule has 1 amide bonds. The van der Waals surface area contributed by atoms with Gasteiger partial charge in [-0.1, -0.05) is 61.0 Å². The Kier molecular flexibility index (Phi) is 7.65. The average molecular weight is 448 g/mol. The molecule has 6 nitrogen and oxygen atoms in total. The zero-order valence-corrected chi connectivity index (χ0v) is 19.7. The molecular formula is C27H37N5O. The summed E-state index contributed by atoms with van der Waals surface area (Å²) < 4.78 is 0. The van der Waals surface area contributed by atoms with Gasteiger partial charge in [0.05, 0.1) is 5.92 Å². The summed E-state index contributed by atoms with van der Waals surface area (Å²) in [6.45, 7) is 4.25. The quantitative estimate of drug-likeness (QED) is 0.429. The number of rotatable bonds is 8. The lowest BCUT2D eigenvalue weighted by atomic mass is 9.64.